The molecule has 0 amide bonds. The van der Waals surface area contributed by atoms with E-state index in [0.717, 1.165) is 24.2 Å². The van der Waals surface area contributed by atoms with Crippen molar-refractivity contribution in [3.8, 4) is 17.1 Å². The quantitative estimate of drug-likeness (QED) is 0.856. The summed E-state index contributed by atoms with van der Waals surface area (Å²) >= 11 is 0. The summed E-state index contributed by atoms with van der Waals surface area (Å²) in [5.41, 5.74) is 3.37. The number of hydrogen-bond donors (Lipinski definition) is 1. The zero-order valence-corrected chi connectivity index (χ0v) is 9.64. The first kappa shape index (κ1) is 10.7. The Bertz CT molecular complexity index is 471. The van der Waals surface area contributed by atoms with Crippen LogP contribution in [-0.4, -0.2) is 14.9 Å². The lowest BCUT2D eigenvalue weighted by Gasteiger charge is -2.04. The van der Waals surface area contributed by atoms with Crippen molar-refractivity contribution in [3.63, 3.8) is 0 Å². The number of hydrogen-bond acceptors (Lipinski definition) is 2. The smallest absolute Gasteiger partial charge is 0.230 e. The van der Waals surface area contributed by atoms with Gasteiger partial charge in [0.15, 0.2) is 0 Å². The van der Waals surface area contributed by atoms with E-state index in [-0.39, 0.29) is 5.88 Å². The molecule has 0 atom stereocenters. The predicted molar refractivity (Wildman–Crippen MR) is 64.4 cm³/mol. The van der Waals surface area contributed by atoms with E-state index >= 15 is 0 Å². The molecular formula is C13H16N2O. The average molecular weight is 216 g/mol. The lowest BCUT2D eigenvalue weighted by Crippen LogP contribution is -1.98. The van der Waals surface area contributed by atoms with Crippen LogP contribution in [0.1, 0.15) is 19.4 Å². The third-order valence-corrected chi connectivity index (χ3v) is 2.72. The molecule has 1 N–H and O–H groups in total. The van der Waals surface area contributed by atoms with Gasteiger partial charge >= 0.3 is 0 Å². The van der Waals surface area contributed by atoms with Gasteiger partial charge in [-0.25, -0.2) is 0 Å². The first-order chi connectivity index (χ1) is 7.74. The molecule has 0 aliphatic rings. The molecule has 0 aliphatic heterocycles. The molecule has 0 saturated heterocycles. The summed E-state index contributed by atoms with van der Waals surface area (Å²) in [6.45, 7) is 4.90. The van der Waals surface area contributed by atoms with Gasteiger partial charge in [-0.15, -0.1) is 5.10 Å². The Labute approximate surface area is 95.3 Å². The summed E-state index contributed by atoms with van der Waals surface area (Å²) in [5.74, 6) is 0.0800. The lowest BCUT2D eigenvalue weighted by molar-refractivity contribution is 0.439. The van der Waals surface area contributed by atoms with Crippen LogP contribution in [0.2, 0.25) is 0 Å². The van der Waals surface area contributed by atoms with E-state index in [1.165, 1.54) is 5.56 Å². The minimum atomic E-state index is 0.0800. The summed E-state index contributed by atoms with van der Waals surface area (Å²) in [6, 6.07) is 10.1. The molecule has 1 heterocycles. The van der Waals surface area contributed by atoms with Gasteiger partial charge in [-0.05, 0) is 24.5 Å². The van der Waals surface area contributed by atoms with Crippen molar-refractivity contribution in [3.05, 3.63) is 35.9 Å². The van der Waals surface area contributed by atoms with E-state index in [2.05, 4.69) is 36.3 Å². The first-order valence-electron chi connectivity index (χ1n) is 5.60. The summed E-state index contributed by atoms with van der Waals surface area (Å²) in [4.78, 5) is 0. The van der Waals surface area contributed by atoms with Crippen molar-refractivity contribution in [1.29, 1.82) is 0 Å². The Morgan fingerprint density at radius 2 is 1.88 bits per heavy atom. The van der Waals surface area contributed by atoms with Crippen LogP contribution in [0.5, 0.6) is 5.88 Å². The molecule has 2 rings (SSSR count). The van der Waals surface area contributed by atoms with Crippen molar-refractivity contribution < 1.29 is 5.11 Å². The Kier molecular flexibility index (Phi) is 2.95. The van der Waals surface area contributed by atoms with Crippen LogP contribution in [0.15, 0.2) is 30.3 Å². The highest BCUT2D eigenvalue weighted by Gasteiger charge is 2.07. The van der Waals surface area contributed by atoms with Crippen molar-refractivity contribution in [1.82, 2.24) is 9.78 Å². The van der Waals surface area contributed by atoms with Crippen LogP contribution in [0.3, 0.4) is 0 Å². The highest BCUT2D eigenvalue weighted by atomic mass is 16.3. The van der Waals surface area contributed by atoms with Gasteiger partial charge in [0.1, 0.15) is 0 Å². The third-order valence-electron chi connectivity index (χ3n) is 2.72. The van der Waals surface area contributed by atoms with Crippen molar-refractivity contribution >= 4 is 0 Å². The fraction of sp³-hybridized carbons (Fsp3) is 0.308. The summed E-state index contributed by atoms with van der Waals surface area (Å²) in [6.07, 6.45) is 1.04. The molecule has 0 fully saturated rings. The van der Waals surface area contributed by atoms with E-state index in [9.17, 15) is 5.11 Å². The van der Waals surface area contributed by atoms with E-state index in [1.54, 1.807) is 10.7 Å². The molecule has 0 radical (unpaired) electrons. The zero-order valence-electron chi connectivity index (χ0n) is 9.64. The van der Waals surface area contributed by atoms with Crippen molar-refractivity contribution in [2.24, 2.45) is 0 Å². The van der Waals surface area contributed by atoms with Gasteiger partial charge < -0.3 is 5.11 Å². The maximum Gasteiger partial charge on any atom is 0.230 e. The minimum absolute atomic E-state index is 0.0800. The second-order valence-corrected chi connectivity index (χ2v) is 3.75. The van der Waals surface area contributed by atoms with Crippen LogP contribution in [-0.2, 0) is 13.0 Å². The molecule has 0 spiro atoms. The highest BCUT2D eigenvalue weighted by molar-refractivity contribution is 5.61. The van der Waals surface area contributed by atoms with Crippen LogP contribution >= 0.6 is 0 Å². The SMILES string of the molecule is CCc1ccc(-c2cc(O)nn2CC)cc1. The fourth-order valence-electron chi connectivity index (χ4n) is 1.79. The largest absolute Gasteiger partial charge is 0.492 e. The molecule has 1 aromatic heterocycles. The second-order valence-electron chi connectivity index (χ2n) is 3.75. The number of aromatic hydroxyl groups is 1. The molecular weight excluding hydrogens is 200 g/mol. The molecule has 0 aliphatic carbocycles. The van der Waals surface area contributed by atoms with Crippen LogP contribution < -0.4 is 0 Å². The maximum atomic E-state index is 9.40. The molecule has 84 valence electrons. The van der Waals surface area contributed by atoms with E-state index in [1.807, 2.05) is 6.92 Å². The van der Waals surface area contributed by atoms with Crippen molar-refractivity contribution in [2.75, 3.05) is 0 Å². The number of nitrogens with zero attached hydrogens (tertiary/aromatic N) is 2. The monoisotopic (exact) mass is 216 g/mol. The van der Waals surface area contributed by atoms with Crippen LogP contribution in [0.4, 0.5) is 0 Å². The molecule has 16 heavy (non-hydrogen) atoms. The number of aryl methyl sites for hydroxylation is 2. The molecule has 0 saturated carbocycles. The zero-order chi connectivity index (χ0) is 11.5. The standard InChI is InChI=1S/C13H16N2O/c1-3-10-5-7-11(8-6-10)12-9-13(16)14-15(12)4-2/h5-9H,3-4H2,1-2H3,(H,14,16). The van der Waals surface area contributed by atoms with Gasteiger partial charge in [-0.1, -0.05) is 31.2 Å². The van der Waals surface area contributed by atoms with Crippen molar-refractivity contribution in [2.45, 2.75) is 26.8 Å². The minimum Gasteiger partial charge on any atom is -0.492 e. The van der Waals surface area contributed by atoms with Gasteiger partial charge in [0.05, 0.1) is 5.69 Å². The third kappa shape index (κ3) is 1.94. The predicted octanol–water partition coefficient (Wildman–Crippen LogP) is 2.84. The summed E-state index contributed by atoms with van der Waals surface area (Å²) in [7, 11) is 0. The number of rotatable bonds is 3. The van der Waals surface area contributed by atoms with Gasteiger partial charge in [0.25, 0.3) is 0 Å². The molecule has 1 aromatic carbocycles. The van der Waals surface area contributed by atoms with Gasteiger partial charge in [0.2, 0.25) is 5.88 Å². The Hall–Kier alpha value is -1.77. The van der Waals surface area contributed by atoms with E-state index in [4.69, 9.17) is 0 Å². The fourth-order valence-corrected chi connectivity index (χ4v) is 1.79. The number of benzene rings is 1. The highest BCUT2D eigenvalue weighted by Crippen LogP contribution is 2.23. The molecule has 3 heteroatoms. The van der Waals surface area contributed by atoms with E-state index < -0.39 is 0 Å². The molecule has 3 nitrogen and oxygen atoms in total. The topological polar surface area (TPSA) is 38.1 Å². The molecule has 0 bridgehead atoms. The van der Waals surface area contributed by atoms with Gasteiger partial charge in [-0.2, -0.15) is 0 Å². The first-order valence-corrected chi connectivity index (χ1v) is 5.60. The van der Waals surface area contributed by atoms with Gasteiger partial charge in [0, 0.05) is 12.6 Å². The Balaban J connectivity index is 2.41. The Morgan fingerprint density at radius 3 is 2.44 bits per heavy atom. The molecule has 0 unspecified atom stereocenters. The normalized spacial score (nSPS) is 10.6. The summed E-state index contributed by atoms with van der Waals surface area (Å²) < 4.78 is 1.80. The van der Waals surface area contributed by atoms with E-state index in [0.29, 0.717) is 0 Å². The lowest BCUT2D eigenvalue weighted by atomic mass is 10.1. The maximum absolute atomic E-state index is 9.40. The number of aromatic nitrogens is 2. The van der Waals surface area contributed by atoms with Crippen LogP contribution in [0, 0.1) is 0 Å². The van der Waals surface area contributed by atoms with Crippen LogP contribution in [0.25, 0.3) is 11.3 Å². The summed E-state index contributed by atoms with van der Waals surface area (Å²) in [5, 5.41) is 13.4. The second kappa shape index (κ2) is 4.39. The Morgan fingerprint density at radius 1 is 1.19 bits per heavy atom. The van der Waals surface area contributed by atoms with Gasteiger partial charge in [-0.3, -0.25) is 4.68 Å². The molecule has 2 aromatic rings. The average Bonchev–Trinajstić information content (AvgIpc) is 2.70.